The van der Waals surface area contributed by atoms with Gasteiger partial charge in [-0.2, -0.15) is 11.3 Å². The number of nitrogens with one attached hydrogen (secondary N) is 1. The number of rotatable bonds is 4. The third kappa shape index (κ3) is 3.80. The van der Waals surface area contributed by atoms with Crippen LogP contribution in [0.15, 0.2) is 44.9 Å². The van der Waals surface area contributed by atoms with E-state index in [1.807, 2.05) is 12.3 Å². The molecule has 2 aliphatic rings. The first-order valence-electron chi connectivity index (χ1n) is 10.1. The van der Waals surface area contributed by atoms with Crippen LogP contribution in [0, 0.1) is 0 Å². The summed E-state index contributed by atoms with van der Waals surface area (Å²) in [7, 11) is 0. The third-order valence-corrected chi connectivity index (χ3v) is 6.31. The van der Waals surface area contributed by atoms with Crippen molar-refractivity contribution in [2.45, 2.75) is 38.8 Å². The van der Waals surface area contributed by atoms with Crippen molar-refractivity contribution in [3.63, 3.8) is 0 Å². The van der Waals surface area contributed by atoms with Crippen molar-refractivity contribution in [1.82, 2.24) is 19.9 Å². The van der Waals surface area contributed by atoms with Crippen LogP contribution in [-0.4, -0.2) is 38.7 Å². The summed E-state index contributed by atoms with van der Waals surface area (Å²) in [5.74, 6) is 0.675. The fourth-order valence-electron chi connectivity index (χ4n) is 4.11. The number of aromatic amines is 1. The maximum Gasteiger partial charge on any atom is 0.255 e. The van der Waals surface area contributed by atoms with Crippen molar-refractivity contribution in [1.29, 1.82) is 0 Å². The van der Waals surface area contributed by atoms with Crippen molar-refractivity contribution in [3.8, 4) is 11.3 Å². The number of fused-ring (bicyclic) bond motifs is 1. The van der Waals surface area contributed by atoms with E-state index in [9.17, 15) is 4.79 Å². The van der Waals surface area contributed by atoms with Gasteiger partial charge in [-0.3, -0.25) is 19.7 Å². The smallest absolute Gasteiger partial charge is 0.255 e. The monoisotopic (exact) mass is 405 g/mol. The summed E-state index contributed by atoms with van der Waals surface area (Å²) in [5, 5.41) is 4.20. The predicted molar refractivity (Wildman–Crippen MR) is 115 cm³/mol. The molecule has 0 aliphatic carbocycles. The Bertz CT molecular complexity index is 1100. The zero-order chi connectivity index (χ0) is 19.6. The quantitative estimate of drug-likeness (QED) is 0.722. The molecule has 6 nitrogen and oxygen atoms in total. The van der Waals surface area contributed by atoms with E-state index in [1.165, 1.54) is 5.56 Å². The van der Waals surface area contributed by atoms with Gasteiger partial charge in [-0.05, 0) is 42.3 Å². The minimum absolute atomic E-state index is 0.0211. The summed E-state index contributed by atoms with van der Waals surface area (Å²) in [5.41, 5.74) is 6.01. The number of aromatic nitrogens is 3. The van der Waals surface area contributed by atoms with Crippen molar-refractivity contribution in [3.05, 3.63) is 68.2 Å². The zero-order valence-electron chi connectivity index (χ0n) is 16.2. The molecule has 0 bridgehead atoms. The first-order valence-corrected chi connectivity index (χ1v) is 11.1. The van der Waals surface area contributed by atoms with Crippen LogP contribution < -0.4 is 5.56 Å². The van der Waals surface area contributed by atoms with Gasteiger partial charge in [-0.25, -0.2) is 4.98 Å². The summed E-state index contributed by atoms with van der Waals surface area (Å²) >= 11 is 1.68. The largest absolute Gasteiger partial charge is 0.305 e. The van der Waals surface area contributed by atoms with E-state index < -0.39 is 0 Å². The van der Waals surface area contributed by atoms with Gasteiger partial charge in [0.05, 0.1) is 22.7 Å². The lowest BCUT2D eigenvalue weighted by atomic mass is 10.0. The Morgan fingerprint density at radius 1 is 1.21 bits per heavy atom. The SMILES string of the molecule is O=c1[nH]c(C2=NCCCC2)nc2c1CN(Cc1cccnc1-c1ccsc1)CC2. The van der Waals surface area contributed by atoms with Crippen molar-refractivity contribution in [2.24, 2.45) is 4.99 Å². The van der Waals surface area contributed by atoms with Crippen LogP contribution in [0.1, 0.15) is 41.9 Å². The Labute approximate surface area is 173 Å². The van der Waals surface area contributed by atoms with Gasteiger partial charge >= 0.3 is 0 Å². The molecule has 2 aliphatic heterocycles. The van der Waals surface area contributed by atoms with E-state index in [0.717, 1.165) is 73.5 Å². The lowest BCUT2D eigenvalue weighted by molar-refractivity contribution is 0.241. The second-order valence-corrected chi connectivity index (χ2v) is 8.39. The highest BCUT2D eigenvalue weighted by Crippen LogP contribution is 2.26. The summed E-state index contributed by atoms with van der Waals surface area (Å²) < 4.78 is 0. The summed E-state index contributed by atoms with van der Waals surface area (Å²) in [6.45, 7) is 3.10. The van der Waals surface area contributed by atoms with Gasteiger partial charge in [-0.15, -0.1) is 0 Å². The molecule has 0 saturated carbocycles. The molecule has 0 atom stereocenters. The van der Waals surface area contributed by atoms with Crippen LogP contribution in [0.3, 0.4) is 0 Å². The Balaban J connectivity index is 1.39. The van der Waals surface area contributed by atoms with Crippen LogP contribution in [0.2, 0.25) is 0 Å². The second-order valence-electron chi connectivity index (χ2n) is 7.61. The molecular weight excluding hydrogens is 382 g/mol. The van der Waals surface area contributed by atoms with E-state index in [0.29, 0.717) is 12.4 Å². The van der Waals surface area contributed by atoms with E-state index >= 15 is 0 Å². The lowest BCUT2D eigenvalue weighted by Crippen LogP contribution is -2.36. The zero-order valence-corrected chi connectivity index (χ0v) is 17.0. The molecule has 0 saturated heterocycles. The van der Waals surface area contributed by atoms with Gasteiger partial charge in [0.25, 0.3) is 5.56 Å². The molecule has 7 heteroatoms. The molecule has 3 aromatic rings. The number of aliphatic imine (C=N–C) groups is 1. The van der Waals surface area contributed by atoms with Crippen molar-refractivity contribution in [2.75, 3.05) is 13.1 Å². The third-order valence-electron chi connectivity index (χ3n) is 5.63. The molecule has 0 unspecified atom stereocenters. The maximum atomic E-state index is 12.8. The standard InChI is InChI=1S/C22H23N5OS/c28-22-17-13-27(12-15-4-3-9-24-20(15)16-7-11-29-14-16)10-6-18(17)25-21(26-22)19-5-1-2-8-23-19/h3-4,7,9,11,14H,1-2,5-6,8,10,12-13H2,(H,25,26,28). The molecule has 0 radical (unpaired) electrons. The van der Waals surface area contributed by atoms with E-state index in [1.54, 1.807) is 11.3 Å². The second kappa shape index (κ2) is 8.00. The van der Waals surface area contributed by atoms with Gasteiger partial charge in [0.2, 0.25) is 0 Å². The molecule has 0 amide bonds. The Kier molecular flexibility index (Phi) is 5.08. The maximum absolute atomic E-state index is 12.8. The molecule has 148 valence electrons. The van der Waals surface area contributed by atoms with Gasteiger partial charge in [-0.1, -0.05) is 6.07 Å². The first-order chi connectivity index (χ1) is 14.3. The van der Waals surface area contributed by atoms with Crippen LogP contribution in [-0.2, 0) is 19.5 Å². The Morgan fingerprint density at radius 3 is 3.00 bits per heavy atom. The molecule has 0 spiro atoms. The molecule has 5 heterocycles. The molecular formula is C22H23N5OS. The summed E-state index contributed by atoms with van der Waals surface area (Å²) in [4.78, 5) is 32.0. The number of H-pyrrole nitrogens is 1. The van der Waals surface area contributed by atoms with Crippen LogP contribution in [0.5, 0.6) is 0 Å². The molecule has 29 heavy (non-hydrogen) atoms. The summed E-state index contributed by atoms with van der Waals surface area (Å²) in [6, 6.07) is 6.21. The Morgan fingerprint density at radius 2 is 2.17 bits per heavy atom. The highest BCUT2D eigenvalue weighted by molar-refractivity contribution is 7.08. The highest BCUT2D eigenvalue weighted by atomic mass is 32.1. The minimum Gasteiger partial charge on any atom is -0.305 e. The topological polar surface area (TPSA) is 74.2 Å². The average molecular weight is 406 g/mol. The number of thiophene rings is 1. The highest BCUT2D eigenvalue weighted by Gasteiger charge is 2.23. The van der Waals surface area contributed by atoms with E-state index in [4.69, 9.17) is 4.98 Å². The van der Waals surface area contributed by atoms with E-state index in [-0.39, 0.29) is 5.56 Å². The number of hydrogen-bond donors (Lipinski definition) is 1. The first kappa shape index (κ1) is 18.4. The van der Waals surface area contributed by atoms with Crippen LogP contribution >= 0.6 is 11.3 Å². The fourth-order valence-corrected chi connectivity index (χ4v) is 4.75. The van der Waals surface area contributed by atoms with Crippen LogP contribution in [0.4, 0.5) is 0 Å². The molecule has 5 rings (SSSR count). The van der Waals surface area contributed by atoms with Gasteiger partial charge < -0.3 is 4.98 Å². The number of pyridine rings is 1. The summed E-state index contributed by atoms with van der Waals surface area (Å²) in [6.07, 6.45) is 5.76. The molecule has 1 N–H and O–H groups in total. The minimum atomic E-state index is -0.0211. The Hall–Kier alpha value is -2.64. The molecule has 0 fully saturated rings. The normalized spacial score (nSPS) is 17.0. The van der Waals surface area contributed by atoms with Crippen molar-refractivity contribution >= 4 is 17.0 Å². The van der Waals surface area contributed by atoms with Crippen molar-refractivity contribution < 1.29 is 0 Å². The fraction of sp³-hybridized carbons (Fsp3) is 0.364. The predicted octanol–water partition coefficient (Wildman–Crippen LogP) is 3.42. The van der Waals surface area contributed by atoms with Gasteiger partial charge in [0, 0.05) is 49.7 Å². The lowest BCUT2D eigenvalue weighted by Gasteiger charge is -2.28. The number of hydrogen-bond acceptors (Lipinski definition) is 6. The van der Waals surface area contributed by atoms with Gasteiger partial charge in [0.15, 0.2) is 5.82 Å². The molecule has 0 aromatic carbocycles. The molecule has 3 aromatic heterocycles. The van der Waals surface area contributed by atoms with E-state index in [2.05, 4.69) is 42.8 Å². The average Bonchev–Trinajstić information content (AvgIpc) is 3.30. The number of nitrogens with zero attached hydrogens (tertiary/aromatic N) is 4. The van der Waals surface area contributed by atoms with Crippen LogP contribution in [0.25, 0.3) is 11.3 Å². The van der Waals surface area contributed by atoms with Gasteiger partial charge in [0.1, 0.15) is 0 Å².